The molecule has 1 heterocycles. The fourth-order valence-electron chi connectivity index (χ4n) is 2.74. The number of alkyl halides is 3. The Morgan fingerprint density at radius 3 is 2.14 bits per heavy atom. The normalized spacial score (nSPS) is 15.4. The Balaban J connectivity index is 0.000000438. The van der Waals surface area contributed by atoms with Gasteiger partial charge in [-0.1, -0.05) is 36.4 Å². The number of ether oxygens (including phenoxy) is 1. The number of rotatable bonds is 4. The van der Waals surface area contributed by atoms with Crippen LogP contribution in [0.4, 0.5) is 13.2 Å². The van der Waals surface area contributed by atoms with Gasteiger partial charge in [0.1, 0.15) is 11.9 Å². The standard InChI is InChI=1S/C18H18F3NO.C2H2O4/c1-13(14-6-3-2-4-7-14)22-11-17(12-22)23-16-9-5-8-15(10-16)18(19,20)21;3-1(4)2(5)6/h2-10,13,17H,11-12H2,1H3;(H,3,4)(H,5,6). The van der Waals surface area contributed by atoms with Crippen LogP contribution >= 0.6 is 0 Å². The molecule has 1 aliphatic heterocycles. The minimum absolute atomic E-state index is 0.0651. The van der Waals surface area contributed by atoms with Crippen molar-refractivity contribution in [1.82, 2.24) is 4.90 Å². The van der Waals surface area contributed by atoms with E-state index in [1.165, 1.54) is 11.6 Å². The molecule has 0 radical (unpaired) electrons. The van der Waals surface area contributed by atoms with Gasteiger partial charge in [0.15, 0.2) is 0 Å². The van der Waals surface area contributed by atoms with E-state index < -0.39 is 23.7 Å². The molecule has 1 unspecified atom stereocenters. The van der Waals surface area contributed by atoms with Gasteiger partial charge in [0.2, 0.25) is 0 Å². The first kappa shape index (κ1) is 22.2. The molecule has 0 bridgehead atoms. The van der Waals surface area contributed by atoms with Crippen molar-refractivity contribution < 1.29 is 37.7 Å². The molecule has 0 aliphatic carbocycles. The second-order valence-electron chi connectivity index (χ2n) is 6.42. The maximum absolute atomic E-state index is 12.7. The Morgan fingerprint density at radius 1 is 1.03 bits per heavy atom. The number of carboxylic acids is 2. The average Bonchev–Trinajstić information content (AvgIpc) is 2.64. The summed E-state index contributed by atoms with van der Waals surface area (Å²) >= 11 is 0. The molecule has 1 saturated heterocycles. The predicted octanol–water partition coefficient (Wildman–Crippen LogP) is 3.69. The average molecular weight is 411 g/mol. The quantitative estimate of drug-likeness (QED) is 0.747. The molecule has 6 nitrogen and oxygen atoms in total. The second kappa shape index (κ2) is 9.42. The van der Waals surface area contributed by atoms with Crippen molar-refractivity contribution in [3.8, 4) is 5.75 Å². The molecule has 1 fully saturated rings. The summed E-state index contributed by atoms with van der Waals surface area (Å²) in [5.74, 6) is -3.37. The molecule has 2 N–H and O–H groups in total. The molecule has 0 aromatic heterocycles. The van der Waals surface area contributed by atoms with Crippen LogP contribution in [-0.4, -0.2) is 46.2 Å². The lowest BCUT2D eigenvalue weighted by Crippen LogP contribution is -2.54. The number of carbonyl (C=O) groups is 2. The third-order valence-corrected chi connectivity index (χ3v) is 4.35. The SMILES string of the molecule is CC(c1ccccc1)N1CC(Oc2cccc(C(F)(F)F)c2)C1.O=C(O)C(=O)O. The zero-order chi connectivity index (χ0) is 21.6. The summed E-state index contributed by atoms with van der Waals surface area (Å²) in [4.78, 5) is 20.4. The molecule has 0 amide bonds. The van der Waals surface area contributed by atoms with Crippen molar-refractivity contribution in [3.63, 3.8) is 0 Å². The number of hydrogen-bond donors (Lipinski definition) is 2. The zero-order valence-electron chi connectivity index (χ0n) is 15.5. The summed E-state index contributed by atoms with van der Waals surface area (Å²) in [6.45, 7) is 3.55. The van der Waals surface area contributed by atoms with Crippen molar-refractivity contribution in [2.24, 2.45) is 0 Å². The molecule has 0 spiro atoms. The number of likely N-dealkylation sites (tertiary alicyclic amines) is 1. The minimum atomic E-state index is -4.34. The second-order valence-corrected chi connectivity index (χ2v) is 6.42. The van der Waals surface area contributed by atoms with Crippen molar-refractivity contribution in [2.75, 3.05) is 13.1 Å². The number of carboxylic acid groups (broad SMARTS) is 2. The summed E-state index contributed by atoms with van der Waals surface area (Å²) in [5.41, 5.74) is 0.550. The number of nitrogens with zero attached hydrogens (tertiary/aromatic N) is 1. The van der Waals surface area contributed by atoms with Crippen molar-refractivity contribution in [3.05, 3.63) is 65.7 Å². The van der Waals surface area contributed by atoms with Gasteiger partial charge in [0, 0.05) is 19.1 Å². The van der Waals surface area contributed by atoms with E-state index in [2.05, 4.69) is 24.0 Å². The highest BCUT2D eigenvalue weighted by Crippen LogP contribution is 2.33. The topological polar surface area (TPSA) is 87.1 Å². The monoisotopic (exact) mass is 411 g/mol. The molecule has 2 aromatic carbocycles. The van der Waals surface area contributed by atoms with E-state index in [0.29, 0.717) is 13.1 Å². The van der Waals surface area contributed by atoms with Crippen molar-refractivity contribution in [2.45, 2.75) is 25.2 Å². The van der Waals surface area contributed by atoms with E-state index in [0.717, 1.165) is 12.1 Å². The smallest absolute Gasteiger partial charge is 0.416 e. The first-order chi connectivity index (χ1) is 13.6. The minimum Gasteiger partial charge on any atom is -0.488 e. The van der Waals surface area contributed by atoms with Gasteiger partial charge in [-0.25, -0.2) is 9.59 Å². The van der Waals surface area contributed by atoms with Gasteiger partial charge >= 0.3 is 18.1 Å². The van der Waals surface area contributed by atoms with E-state index in [1.54, 1.807) is 6.07 Å². The summed E-state index contributed by atoms with van der Waals surface area (Å²) in [7, 11) is 0. The summed E-state index contributed by atoms with van der Waals surface area (Å²) in [6.07, 6.45) is -4.41. The van der Waals surface area contributed by atoms with Crippen LogP contribution in [0, 0.1) is 0 Å². The van der Waals surface area contributed by atoms with Crippen LogP contribution in [0.5, 0.6) is 5.75 Å². The van der Waals surface area contributed by atoms with Gasteiger partial charge in [-0.2, -0.15) is 13.2 Å². The molecular formula is C20H20F3NO5. The van der Waals surface area contributed by atoms with E-state index in [4.69, 9.17) is 24.5 Å². The number of halogens is 3. The molecular weight excluding hydrogens is 391 g/mol. The fraction of sp³-hybridized carbons (Fsp3) is 0.300. The third-order valence-electron chi connectivity index (χ3n) is 4.35. The van der Waals surface area contributed by atoms with E-state index in [1.807, 2.05) is 18.2 Å². The maximum atomic E-state index is 12.7. The van der Waals surface area contributed by atoms with Crippen LogP contribution in [0.25, 0.3) is 0 Å². The van der Waals surface area contributed by atoms with Crippen LogP contribution in [0.15, 0.2) is 54.6 Å². The summed E-state index contributed by atoms with van der Waals surface area (Å²) in [5, 5.41) is 14.8. The largest absolute Gasteiger partial charge is 0.488 e. The highest BCUT2D eigenvalue weighted by Gasteiger charge is 2.34. The van der Waals surface area contributed by atoms with Gasteiger partial charge in [-0.3, -0.25) is 4.90 Å². The first-order valence-electron chi connectivity index (χ1n) is 8.67. The lowest BCUT2D eigenvalue weighted by atomic mass is 10.0. The molecule has 29 heavy (non-hydrogen) atoms. The Labute approximate surface area is 165 Å². The highest BCUT2D eigenvalue weighted by molar-refractivity contribution is 6.27. The summed E-state index contributed by atoms with van der Waals surface area (Å²) in [6, 6.07) is 15.5. The number of benzene rings is 2. The van der Waals surface area contributed by atoms with Crippen LogP contribution in [0.1, 0.15) is 24.1 Å². The van der Waals surface area contributed by atoms with Crippen LogP contribution in [0.3, 0.4) is 0 Å². The molecule has 1 aliphatic rings. The van der Waals surface area contributed by atoms with Crippen molar-refractivity contribution >= 4 is 11.9 Å². The Bertz CT molecular complexity index is 824. The van der Waals surface area contributed by atoms with Gasteiger partial charge in [-0.15, -0.1) is 0 Å². The third kappa shape index (κ3) is 6.49. The van der Waals surface area contributed by atoms with Gasteiger partial charge in [0.05, 0.1) is 5.56 Å². The van der Waals surface area contributed by atoms with E-state index >= 15 is 0 Å². The van der Waals surface area contributed by atoms with Crippen LogP contribution in [0.2, 0.25) is 0 Å². The molecule has 9 heteroatoms. The Kier molecular flexibility index (Phi) is 7.22. The lowest BCUT2D eigenvalue weighted by Gasteiger charge is -2.43. The van der Waals surface area contributed by atoms with E-state index in [9.17, 15) is 13.2 Å². The maximum Gasteiger partial charge on any atom is 0.416 e. The van der Waals surface area contributed by atoms with Gasteiger partial charge in [-0.05, 0) is 30.7 Å². The number of hydrogen-bond acceptors (Lipinski definition) is 4. The highest BCUT2D eigenvalue weighted by atomic mass is 19.4. The first-order valence-corrected chi connectivity index (χ1v) is 8.67. The predicted molar refractivity (Wildman–Crippen MR) is 97.6 cm³/mol. The van der Waals surface area contributed by atoms with Crippen LogP contribution in [-0.2, 0) is 15.8 Å². The summed E-state index contributed by atoms with van der Waals surface area (Å²) < 4.78 is 43.7. The molecule has 156 valence electrons. The van der Waals surface area contributed by atoms with Crippen LogP contribution < -0.4 is 4.74 Å². The van der Waals surface area contributed by atoms with Gasteiger partial charge < -0.3 is 14.9 Å². The number of aliphatic carboxylic acids is 2. The van der Waals surface area contributed by atoms with E-state index in [-0.39, 0.29) is 17.9 Å². The Morgan fingerprint density at radius 2 is 1.62 bits per heavy atom. The Hall–Kier alpha value is -3.07. The molecule has 3 rings (SSSR count). The van der Waals surface area contributed by atoms with Crippen molar-refractivity contribution in [1.29, 1.82) is 0 Å². The fourth-order valence-corrected chi connectivity index (χ4v) is 2.74. The molecule has 2 aromatic rings. The zero-order valence-corrected chi connectivity index (χ0v) is 15.5. The lowest BCUT2D eigenvalue weighted by molar-refractivity contribution is -0.159. The van der Waals surface area contributed by atoms with Gasteiger partial charge in [0.25, 0.3) is 0 Å². The molecule has 0 saturated carbocycles. The molecule has 1 atom stereocenters.